The number of benzene rings is 1. The van der Waals surface area contributed by atoms with Crippen molar-refractivity contribution in [3.63, 3.8) is 0 Å². The van der Waals surface area contributed by atoms with Crippen LogP contribution in [0.5, 0.6) is 0 Å². The first-order valence-electron chi connectivity index (χ1n) is 4.65. The van der Waals surface area contributed by atoms with E-state index in [0.29, 0.717) is 15.9 Å². The van der Waals surface area contributed by atoms with Gasteiger partial charge in [-0.25, -0.2) is 14.2 Å². The molecule has 2 aromatic rings. The molecule has 0 saturated carbocycles. The minimum Gasteiger partial charge on any atom is -0.286 e. The van der Waals surface area contributed by atoms with Crippen molar-refractivity contribution in [3.8, 4) is 5.69 Å². The van der Waals surface area contributed by atoms with Gasteiger partial charge in [0.15, 0.2) is 5.16 Å². The SMILES string of the molecule is CSc1nc(=O)n(-c2ccc(Cl)cc2)c(=O)[nH]1. The highest BCUT2D eigenvalue weighted by Crippen LogP contribution is 2.10. The molecule has 0 atom stereocenters. The van der Waals surface area contributed by atoms with Crippen molar-refractivity contribution in [1.29, 1.82) is 0 Å². The van der Waals surface area contributed by atoms with Crippen molar-refractivity contribution in [1.82, 2.24) is 14.5 Å². The summed E-state index contributed by atoms with van der Waals surface area (Å²) in [4.78, 5) is 29.7. The van der Waals surface area contributed by atoms with Gasteiger partial charge in [0.1, 0.15) is 0 Å². The number of halogens is 1. The molecular formula is C10H8ClN3O2S. The van der Waals surface area contributed by atoms with Crippen LogP contribution >= 0.6 is 23.4 Å². The lowest BCUT2D eigenvalue weighted by molar-refractivity contribution is 0.743. The fraction of sp³-hybridized carbons (Fsp3) is 0.100. The number of H-pyrrole nitrogens is 1. The lowest BCUT2D eigenvalue weighted by atomic mass is 10.3. The maximum absolute atomic E-state index is 11.7. The first kappa shape index (κ1) is 11.9. The third-order valence-electron chi connectivity index (χ3n) is 2.08. The van der Waals surface area contributed by atoms with Crippen molar-refractivity contribution in [2.75, 3.05) is 6.26 Å². The Labute approximate surface area is 105 Å². The topological polar surface area (TPSA) is 67.8 Å². The second-order valence-electron chi connectivity index (χ2n) is 3.15. The normalized spacial score (nSPS) is 10.5. The largest absolute Gasteiger partial charge is 0.358 e. The van der Waals surface area contributed by atoms with E-state index in [0.717, 1.165) is 4.57 Å². The Kier molecular flexibility index (Phi) is 3.35. The molecule has 0 saturated heterocycles. The third kappa shape index (κ3) is 2.42. The molecule has 1 N–H and O–H groups in total. The van der Waals surface area contributed by atoms with E-state index in [4.69, 9.17) is 11.6 Å². The Hall–Kier alpha value is -1.53. The molecule has 0 amide bonds. The third-order valence-corrected chi connectivity index (χ3v) is 2.92. The summed E-state index contributed by atoms with van der Waals surface area (Å²) in [6, 6.07) is 6.37. The predicted octanol–water partition coefficient (Wildman–Crippen LogP) is 1.30. The van der Waals surface area contributed by atoms with Gasteiger partial charge in [-0.05, 0) is 30.5 Å². The van der Waals surface area contributed by atoms with Gasteiger partial charge in [0, 0.05) is 5.02 Å². The smallest absolute Gasteiger partial charge is 0.286 e. The Morgan fingerprint density at radius 1 is 1.29 bits per heavy atom. The molecule has 0 unspecified atom stereocenters. The van der Waals surface area contributed by atoms with Crippen molar-refractivity contribution in [2.45, 2.75) is 5.16 Å². The Balaban J connectivity index is 2.64. The van der Waals surface area contributed by atoms with Gasteiger partial charge < -0.3 is 0 Å². The van der Waals surface area contributed by atoms with E-state index in [1.54, 1.807) is 30.5 Å². The quantitative estimate of drug-likeness (QED) is 0.835. The molecule has 1 heterocycles. The Bertz CT molecular complexity index is 617. The molecule has 7 heteroatoms. The van der Waals surface area contributed by atoms with E-state index in [9.17, 15) is 9.59 Å². The van der Waals surface area contributed by atoms with Crippen LogP contribution in [0.3, 0.4) is 0 Å². The first-order chi connectivity index (χ1) is 8.11. The number of nitrogens with one attached hydrogen (secondary N) is 1. The zero-order chi connectivity index (χ0) is 12.4. The summed E-state index contributed by atoms with van der Waals surface area (Å²) in [6.45, 7) is 0. The van der Waals surface area contributed by atoms with E-state index in [1.165, 1.54) is 11.8 Å². The summed E-state index contributed by atoms with van der Waals surface area (Å²) in [5.41, 5.74) is -0.696. The van der Waals surface area contributed by atoms with Gasteiger partial charge in [-0.3, -0.25) is 4.98 Å². The second kappa shape index (κ2) is 4.77. The highest BCUT2D eigenvalue weighted by atomic mass is 35.5. The highest BCUT2D eigenvalue weighted by Gasteiger charge is 2.07. The number of nitrogens with zero attached hydrogens (tertiary/aromatic N) is 2. The molecule has 1 aromatic heterocycles. The summed E-state index contributed by atoms with van der Waals surface area (Å²) >= 11 is 6.94. The minimum absolute atomic E-state index is 0.296. The standard InChI is InChI=1S/C10H8ClN3O2S/c1-17-8-12-9(15)14(10(16)13-8)7-4-2-6(11)3-5-7/h2-5H,1H3,(H,12,13,15,16). The summed E-state index contributed by atoms with van der Waals surface area (Å²) < 4.78 is 0.954. The molecule has 0 aliphatic heterocycles. The van der Waals surface area contributed by atoms with Gasteiger partial charge >= 0.3 is 11.4 Å². The average molecular weight is 270 g/mol. The summed E-state index contributed by atoms with van der Waals surface area (Å²) in [7, 11) is 0. The van der Waals surface area contributed by atoms with Gasteiger partial charge in [0.05, 0.1) is 5.69 Å². The number of hydrogen-bond acceptors (Lipinski definition) is 4. The van der Waals surface area contributed by atoms with Crippen molar-refractivity contribution in [3.05, 3.63) is 50.3 Å². The average Bonchev–Trinajstić information content (AvgIpc) is 2.30. The van der Waals surface area contributed by atoms with Crippen molar-refractivity contribution in [2.24, 2.45) is 0 Å². The van der Waals surface area contributed by atoms with E-state index in [2.05, 4.69) is 9.97 Å². The van der Waals surface area contributed by atoms with Crippen LogP contribution in [0.15, 0.2) is 39.0 Å². The van der Waals surface area contributed by atoms with Gasteiger partial charge in [0.2, 0.25) is 0 Å². The number of rotatable bonds is 2. The number of aromatic amines is 1. The fourth-order valence-corrected chi connectivity index (χ4v) is 1.80. The lowest BCUT2D eigenvalue weighted by Gasteiger charge is -2.04. The van der Waals surface area contributed by atoms with Crippen LogP contribution in [-0.4, -0.2) is 20.8 Å². The number of hydrogen-bond donors (Lipinski definition) is 1. The summed E-state index contributed by atoms with van der Waals surface area (Å²) in [6.07, 6.45) is 1.73. The Morgan fingerprint density at radius 3 is 2.47 bits per heavy atom. The predicted molar refractivity (Wildman–Crippen MR) is 67.2 cm³/mol. The van der Waals surface area contributed by atoms with Crippen LogP contribution in [0.4, 0.5) is 0 Å². The van der Waals surface area contributed by atoms with Crippen molar-refractivity contribution < 1.29 is 0 Å². The molecule has 0 aliphatic carbocycles. The molecule has 0 aliphatic rings. The van der Waals surface area contributed by atoms with E-state index >= 15 is 0 Å². The van der Waals surface area contributed by atoms with Crippen LogP contribution in [0.25, 0.3) is 5.69 Å². The molecular weight excluding hydrogens is 262 g/mol. The lowest BCUT2D eigenvalue weighted by Crippen LogP contribution is -2.35. The molecule has 88 valence electrons. The maximum Gasteiger partial charge on any atom is 0.358 e. The molecule has 0 radical (unpaired) electrons. The molecule has 1 aromatic carbocycles. The maximum atomic E-state index is 11.7. The van der Waals surface area contributed by atoms with Crippen LogP contribution in [0, 0.1) is 0 Å². The van der Waals surface area contributed by atoms with Crippen LogP contribution in [0.2, 0.25) is 5.02 Å². The van der Waals surface area contributed by atoms with Crippen LogP contribution in [-0.2, 0) is 0 Å². The molecule has 5 nitrogen and oxygen atoms in total. The van der Waals surface area contributed by atoms with Gasteiger partial charge in [-0.2, -0.15) is 4.98 Å². The monoisotopic (exact) mass is 269 g/mol. The highest BCUT2D eigenvalue weighted by molar-refractivity contribution is 7.98. The van der Waals surface area contributed by atoms with Crippen LogP contribution in [0.1, 0.15) is 0 Å². The fourth-order valence-electron chi connectivity index (χ4n) is 1.31. The molecule has 17 heavy (non-hydrogen) atoms. The number of thioether (sulfide) groups is 1. The minimum atomic E-state index is -0.611. The Morgan fingerprint density at radius 2 is 1.94 bits per heavy atom. The van der Waals surface area contributed by atoms with E-state index in [-0.39, 0.29) is 0 Å². The van der Waals surface area contributed by atoms with Crippen LogP contribution < -0.4 is 11.4 Å². The summed E-state index contributed by atoms with van der Waals surface area (Å²) in [5, 5.41) is 0.831. The van der Waals surface area contributed by atoms with Gasteiger partial charge in [0.25, 0.3) is 0 Å². The van der Waals surface area contributed by atoms with Gasteiger partial charge in [-0.1, -0.05) is 23.4 Å². The van der Waals surface area contributed by atoms with Crippen molar-refractivity contribution >= 4 is 23.4 Å². The second-order valence-corrected chi connectivity index (χ2v) is 4.38. The molecule has 0 spiro atoms. The zero-order valence-electron chi connectivity index (χ0n) is 8.81. The van der Waals surface area contributed by atoms with E-state index in [1.807, 2.05) is 0 Å². The van der Waals surface area contributed by atoms with Gasteiger partial charge in [-0.15, -0.1) is 0 Å². The van der Waals surface area contributed by atoms with E-state index < -0.39 is 11.4 Å². The summed E-state index contributed by atoms with van der Waals surface area (Å²) in [5.74, 6) is 0. The zero-order valence-corrected chi connectivity index (χ0v) is 10.4. The number of aromatic nitrogens is 3. The first-order valence-corrected chi connectivity index (χ1v) is 6.25. The molecule has 0 bridgehead atoms. The molecule has 0 fully saturated rings. The molecule has 2 rings (SSSR count).